The number of rotatable bonds is 22. The fraction of sp³-hybridized carbons (Fsp3) is 0.696. The van der Waals surface area contributed by atoms with Crippen molar-refractivity contribution in [1.29, 1.82) is 0 Å². The maximum Gasteiger partial charge on any atom is 0.479 e. The molecule has 8 rings (SSSR count). The lowest BCUT2D eigenvalue weighted by Gasteiger charge is -2.64. The topological polar surface area (TPSA) is 154 Å². The van der Waals surface area contributed by atoms with Crippen LogP contribution in [0, 0.1) is 41.4 Å². The van der Waals surface area contributed by atoms with Crippen molar-refractivity contribution in [2.24, 2.45) is 41.4 Å². The van der Waals surface area contributed by atoms with Crippen molar-refractivity contribution in [3.63, 3.8) is 0 Å². The van der Waals surface area contributed by atoms with Gasteiger partial charge >= 0.3 is 76.4 Å². The maximum atomic E-state index is 13.7. The number of ketones is 1. The summed E-state index contributed by atoms with van der Waals surface area (Å²) in [6, 6.07) is 19.3. The van der Waals surface area contributed by atoms with E-state index >= 15 is 0 Å². The highest BCUT2D eigenvalue weighted by atomic mass is 28.6. The lowest BCUT2D eigenvalue weighted by atomic mass is 9.97. The molecule has 6 saturated heterocycles. The highest BCUT2D eigenvalue weighted by molar-refractivity contribution is 7.03. The van der Waals surface area contributed by atoms with Gasteiger partial charge in [0.2, 0.25) is 0 Å². The van der Waals surface area contributed by atoms with E-state index < -0.39 is 76.4 Å². The average Bonchev–Trinajstić information content (AvgIpc) is 3.14. The Morgan fingerprint density at radius 2 is 0.696 bits per heavy atom. The van der Waals surface area contributed by atoms with Crippen LogP contribution in [0.5, 0.6) is 0 Å². The molecule has 6 heterocycles. The zero-order valence-electron chi connectivity index (χ0n) is 43.6. The van der Waals surface area contributed by atoms with E-state index in [9.17, 15) is 9.59 Å². The Labute approximate surface area is 421 Å². The Morgan fingerprint density at radius 1 is 0.406 bits per heavy atom. The third-order valence-corrected chi connectivity index (χ3v) is 51.9. The summed E-state index contributed by atoms with van der Waals surface area (Å²) in [5.41, 5.74) is 1.59. The molecule has 2 aromatic rings. The van der Waals surface area contributed by atoms with E-state index in [0.29, 0.717) is 65.4 Å². The predicted octanol–water partition coefficient (Wildman–Crippen LogP) is 10.8. The van der Waals surface area contributed by atoms with Crippen molar-refractivity contribution in [3.05, 3.63) is 71.3 Å². The molecule has 8 bridgehead atoms. The van der Waals surface area contributed by atoms with Gasteiger partial charge in [-0.25, -0.2) is 0 Å². The number of ether oxygens (including phenoxy) is 1. The Morgan fingerprint density at radius 3 is 1.01 bits per heavy atom. The number of carbonyl (C=O) groups is 2. The Kier molecular flexibility index (Phi) is 17.4. The van der Waals surface area contributed by atoms with Gasteiger partial charge in [-0.05, 0) is 53.4 Å². The molecule has 6 aliphatic rings. The van der Waals surface area contributed by atoms with E-state index in [1.807, 2.05) is 24.3 Å². The fourth-order valence-corrected chi connectivity index (χ4v) is 61.7. The van der Waals surface area contributed by atoms with Crippen LogP contribution in [0.3, 0.4) is 0 Å². The van der Waals surface area contributed by atoms with Gasteiger partial charge in [0.15, 0.2) is 5.78 Å². The van der Waals surface area contributed by atoms with Gasteiger partial charge in [-0.2, -0.15) is 0 Å². The van der Waals surface area contributed by atoms with E-state index in [1.165, 1.54) is 0 Å². The smallest absolute Gasteiger partial charge is 0.465 e. The molecule has 6 aliphatic heterocycles. The second kappa shape index (κ2) is 21.6. The standard InChI is InChI=1S/C46H80O15Si8/c1-35(2)28-63-50-62(26-20-25-49-45(47)27-43-23-18-19-24-44(43)46(48)42-21-16-15-17-22-42)51-64(29-36(3)4)55-66(53-63,31-38(7)8)59-69(34-41(13)14)60-67(54-63,32-39(9)10)56-65(52-62,30-37(5)6)58-68(57-64,61-69)33-40(11)12/h15-19,21-24,35-41H,20,25-34H2,1-14H3. The molecule has 0 amide bonds. The molecule has 15 nitrogen and oxygen atoms in total. The average molecular weight is 1100 g/mol. The van der Waals surface area contributed by atoms with Crippen molar-refractivity contribution in [1.82, 2.24) is 0 Å². The summed E-state index contributed by atoms with van der Waals surface area (Å²) in [4.78, 5) is 27.3. The lowest BCUT2D eigenvalue weighted by Crippen LogP contribution is -2.88. The summed E-state index contributed by atoms with van der Waals surface area (Å²) in [5.74, 6) is -0.287. The van der Waals surface area contributed by atoms with E-state index in [-0.39, 0.29) is 66.3 Å². The van der Waals surface area contributed by atoms with Crippen molar-refractivity contribution in [2.45, 2.75) is 158 Å². The van der Waals surface area contributed by atoms with Gasteiger partial charge in [0, 0.05) is 59.5 Å². The monoisotopic (exact) mass is 1100 g/mol. The zero-order valence-corrected chi connectivity index (χ0v) is 51.6. The molecule has 0 N–H and O–H groups in total. The largest absolute Gasteiger partial charge is 0.479 e. The highest BCUT2D eigenvalue weighted by Crippen LogP contribution is 2.56. The van der Waals surface area contributed by atoms with Crippen molar-refractivity contribution >= 4 is 82.2 Å². The van der Waals surface area contributed by atoms with E-state index in [0.717, 1.165) is 0 Å². The minimum atomic E-state index is -4.23. The number of hydrogen-bond donors (Lipinski definition) is 0. The first-order valence-electron chi connectivity index (χ1n) is 25.5. The molecule has 0 spiro atoms. The van der Waals surface area contributed by atoms with Crippen LogP contribution < -0.4 is 0 Å². The predicted molar refractivity (Wildman–Crippen MR) is 277 cm³/mol. The summed E-state index contributed by atoms with van der Waals surface area (Å²) in [6.45, 7) is 29.9. The lowest BCUT2D eigenvalue weighted by molar-refractivity contribution is -0.143. The van der Waals surface area contributed by atoms with Crippen LogP contribution in [-0.2, 0) is 65.3 Å². The Bertz CT molecular complexity index is 1950. The van der Waals surface area contributed by atoms with Crippen molar-refractivity contribution in [2.75, 3.05) is 6.61 Å². The summed E-state index contributed by atoms with van der Waals surface area (Å²) < 4.78 is 99.9. The minimum Gasteiger partial charge on any atom is -0.465 e. The molecule has 0 unspecified atom stereocenters. The van der Waals surface area contributed by atoms with Crippen molar-refractivity contribution < 1.29 is 63.7 Å². The molecule has 0 radical (unpaired) electrons. The summed E-state index contributed by atoms with van der Waals surface area (Å²) in [5, 5.41) is 0. The summed E-state index contributed by atoms with van der Waals surface area (Å²) in [6.07, 6.45) is 0.207. The van der Waals surface area contributed by atoms with Crippen LogP contribution >= 0.6 is 0 Å². The molecular weight excluding hydrogens is 1020 g/mol. The first-order valence-corrected chi connectivity index (χ1v) is 41.0. The minimum absolute atomic E-state index is 0.0164. The molecule has 6 fully saturated rings. The Hall–Kier alpha value is -1.16. The quantitative estimate of drug-likeness (QED) is 0.0475. The first kappa shape index (κ1) is 55.6. The Balaban J connectivity index is 1.37. The number of hydrogen-bond acceptors (Lipinski definition) is 15. The van der Waals surface area contributed by atoms with Crippen LogP contribution in [-0.4, -0.2) is 88.8 Å². The SMILES string of the molecule is CC(C)C[Si]12O[Si]3(CCCOC(=O)Cc4ccccc4C(=O)c4ccccc4)O[Si]4(CC(C)C)O[Si](CC(C)C)(O1)O[Si]1(CC(C)C)O[Si](CC(C)C)(O2)O[Si](CC(C)C)(O3)O[Si](CC(C)C)(O4)O1. The third kappa shape index (κ3) is 13.4. The number of esters is 1. The molecule has 0 atom stereocenters. The summed E-state index contributed by atoms with van der Waals surface area (Å²) >= 11 is 0. The second-order valence-electron chi connectivity index (χ2n) is 22.7. The first-order chi connectivity index (χ1) is 32.3. The molecule has 386 valence electrons. The zero-order chi connectivity index (χ0) is 50.3. The molecule has 2 aromatic carbocycles. The molecule has 0 aromatic heterocycles. The summed E-state index contributed by atoms with van der Waals surface area (Å²) in [7, 11) is -32.6. The van der Waals surface area contributed by atoms with Crippen molar-refractivity contribution in [3.8, 4) is 0 Å². The molecule has 23 heteroatoms. The van der Waals surface area contributed by atoms with Gasteiger partial charge in [-0.3, -0.25) is 9.59 Å². The highest BCUT2D eigenvalue weighted by Gasteiger charge is 2.83. The van der Waals surface area contributed by atoms with Crippen LogP contribution in [0.4, 0.5) is 0 Å². The molecular formula is C46H80O15Si8. The van der Waals surface area contributed by atoms with E-state index in [2.05, 4.69) is 96.9 Å². The number of benzene rings is 2. The van der Waals surface area contributed by atoms with Gasteiger partial charge in [-0.15, -0.1) is 0 Å². The molecule has 0 saturated carbocycles. The van der Waals surface area contributed by atoms with Crippen LogP contribution in [0.2, 0.25) is 48.4 Å². The fourth-order valence-electron chi connectivity index (χ4n) is 10.2. The molecule has 0 aliphatic carbocycles. The van der Waals surface area contributed by atoms with E-state index in [4.69, 9.17) is 54.1 Å². The van der Waals surface area contributed by atoms with Crippen LogP contribution in [0.25, 0.3) is 0 Å². The van der Waals surface area contributed by atoms with Gasteiger partial charge in [-0.1, -0.05) is 152 Å². The van der Waals surface area contributed by atoms with Crippen LogP contribution in [0.15, 0.2) is 54.6 Å². The van der Waals surface area contributed by atoms with Gasteiger partial charge < -0.3 is 54.1 Å². The van der Waals surface area contributed by atoms with Gasteiger partial charge in [0.25, 0.3) is 0 Å². The normalized spacial score (nSPS) is 34.2. The number of carbonyl (C=O) groups excluding carboxylic acids is 2. The maximum absolute atomic E-state index is 13.7. The van der Waals surface area contributed by atoms with Gasteiger partial charge in [0.05, 0.1) is 13.0 Å². The third-order valence-electron chi connectivity index (χ3n) is 11.9. The second-order valence-corrected chi connectivity index (χ2v) is 46.8. The van der Waals surface area contributed by atoms with Crippen LogP contribution in [0.1, 0.15) is 125 Å². The van der Waals surface area contributed by atoms with Gasteiger partial charge in [0.1, 0.15) is 0 Å². The van der Waals surface area contributed by atoms with E-state index in [1.54, 1.807) is 30.3 Å². The molecule has 69 heavy (non-hydrogen) atoms.